The third-order valence-electron chi connectivity index (χ3n) is 3.84. The molecule has 1 unspecified atom stereocenters. The van der Waals surface area contributed by atoms with Gasteiger partial charge in [0.15, 0.2) is 0 Å². The van der Waals surface area contributed by atoms with Gasteiger partial charge in [0.05, 0.1) is 0 Å². The molecule has 1 N–H and O–H groups in total. The molecular weight excluding hydrogens is 252 g/mol. The first-order chi connectivity index (χ1) is 9.33. The lowest BCUT2D eigenvalue weighted by Crippen LogP contribution is -2.40. The second-order valence-electron chi connectivity index (χ2n) is 5.19. The highest BCUT2D eigenvalue weighted by Gasteiger charge is 2.20. The molecule has 1 aromatic carbocycles. The number of nitrogens with zero attached hydrogens (tertiary/aromatic N) is 1. The summed E-state index contributed by atoms with van der Waals surface area (Å²) < 4.78 is 0. The Morgan fingerprint density at radius 2 is 2.11 bits per heavy atom. The van der Waals surface area contributed by atoms with E-state index in [4.69, 9.17) is 0 Å². The molecule has 1 atom stereocenters. The number of rotatable bonds is 4. The first-order valence-electron chi connectivity index (χ1n) is 6.91. The lowest BCUT2D eigenvalue weighted by atomic mass is 10.1. The third kappa shape index (κ3) is 2.99. The van der Waals surface area contributed by atoms with Crippen molar-refractivity contribution in [3.05, 3.63) is 52.2 Å². The number of hydrogen-bond donors (Lipinski definition) is 1. The average Bonchev–Trinajstić information content (AvgIpc) is 2.93. The van der Waals surface area contributed by atoms with Gasteiger partial charge >= 0.3 is 0 Å². The zero-order valence-corrected chi connectivity index (χ0v) is 12.1. The largest absolute Gasteiger partial charge is 0.383 e. The van der Waals surface area contributed by atoms with Crippen molar-refractivity contribution in [2.45, 2.75) is 25.9 Å². The molecule has 2 aromatic rings. The van der Waals surface area contributed by atoms with Gasteiger partial charge in [0.2, 0.25) is 0 Å². The molecule has 3 heteroatoms. The number of thiophene rings is 1. The fourth-order valence-corrected chi connectivity index (χ4v) is 3.49. The predicted octanol–water partition coefficient (Wildman–Crippen LogP) is 3.61. The maximum absolute atomic E-state index is 3.52. The maximum Gasteiger partial charge on any atom is 0.0340 e. The monoisotopic (exact) mass is 272 g/mol. The van der Waals surface area contributed by atoms with Gasteiger partial charge in [-0.15, -0.1) is 11.3 Å². The van der Waals surface area contributed by atoms with E-state index in [0.29, 0.717) is 6.04 Å². The van der Waals surface area contributed by atoms with Crippen molar-refractivity contribution in [1.82, 2.24) is 4.90 Å². The Morgan fingerprint density at radius 3 is 2.95 bits per heavy atom. The minimum Gasteiger partial charge on any atom is -0.383 e. The van der Waals surface area contributed by atoms with Gasteiger partial charge in [-0.1, -0.05) is 18.2 Å². The van der Waals surface area contributed by atoms with Gasteiger partial charge in [0.25, 0.3) is 0 Å². The van der Waals surface area contributed by atoms with E-state index >= 15 is 0 Å². The van der Waals surface area contributed by atoms with Crippen LogP contribution < -0.4 is 5.32 Å². The fourth-order valence-electron chi connectivity index (χ4n) is 2.60. The summed E-state index contributed by atoms with van der Waals surface area (Å²) in [6.07, 6.45) is 1.21. The molecular formula is C16H20N2S. The zero-order chi connectivity index (χ0) is 13.1. The summed E-state index contributed by atoms with van der Waals surface area (Å²) in [5.74, 6) is 0. The highest BCUT2D eigenvalue weighted by Crippen LogP contribution is 2.25. The zero-order valence-electron chi connectivity index (χ0n) is 11.3. The minimum absolute atomic E-state index is 0.563. The molecule has 1 aromatic heterocycles. The lowest BCUT2D eigenvalue weighted by Gasteiger charge is -2.32. The molecule has 1 aliphatic heterocycles. The second kappa shape index (κ2) is 5.76. The number of para-hydroxylation sites is 1. The third-order valence-corrected chi connectivity index (χ3v) is 4.86. The molecule has 1 aliphatic rings. The standard InChI is InChI=1S/C16H20N2S/c1-13(11-17-15-5-3-2-4-6-15)18-9-7-16-14(12-18)8-10-19-16/h2-6,8,10,13,17H,7,9,11-12H2,1H3. The quantitative estimate of drug-likeness (QED) is 0.914. The van der Waals surface area contributed by atoms with Crippen molar-refractivity contribution >= 4 is 17.0 Å². The van der Waals surface area contributed by atoms with Crippen LogP contribution in [0, 0.1) is 0 Å². The van der Waals surface area contributed by atoms with E-state index in [1.807, 2.05) is 11.3 Å². The Bertz CT molecular complexity index is 521. The molecule has 0 spiro atoms. The lowest BCUT2D eigenvalue weighted by molar-refractivity contribution is 0.200. The van der Waals surface area contributed by atoms with E-state index in [1.54, 1.807) is 4.88 Å². The highest BCUT2D eigenvalue weighted by molar-refractivity contribution is 7.10. The van der Waals surface area contributed by atoms with Crippen molar-refractivity contribution < 1.29 is 0 Å². The number of anilines is 1. The molecule has 0 fully saturated rings. The predicted molar refractivity (Wildman–Crippen MR) is 82.8 cm³/mol. The fraction of sp³-hybridized carbons (Fsp3) is 0.375. The summed E-state index contributed by atoms with van der Waals surface area (Å²) in [4.78, 5) is 4.16. The van der Waals surface area contributed by atoms with Crippen LogP contribution in [0.2, 0.25) is 0 Å². The summed E-state index contributed by atoms with van der Waals surface area (Å²) in [6, 6.07) is 13.3. The van der Waals surface area contributed by atoms with Gasteiger partial charge in [-0.2, -0.15) is 0 Å². The van der Waals surface area contributed by atoms with Crippen molar-refractivity contribution in [1.29, 1.82) is 0 Å². The number of hydrogen-bond acceptors (Lipinski definition) is 3. The van der Waals surface area contributed by atoms with Crippen LogP contribution in [0.25, 0.3) is 0 Å². The normalized spacial score (nSPS) is 16.9. The molecule has 0 bridgehead atoms. The van der Waals surface area contributed by atoms with E-state index in [1.165, 1.54) is 24.2 Å². The van der Waals surface area contributed by atoms with Crippen molar-refractivity contribution in [3.8, 4) is 0 Å². The molecule has 0 saturated heterocycles. The Hall–Kier alpha value is -1.32. The van der Waals surface area contributed by atoms with Crippen LogP contribution in [0.1, 0.15) is 17.4 Å². The van der Waals surface area contributed by atoms with Crippen LogP contribution in [0.3, 0.4) is 0 Å². The maximum atomic E-state index is 3.52. The van der Waals surface area contributed by atoms with Crippen LogP contribution in [0.5, 0.6) is 0 Å². The topological polar surface area (TPSA) is 15.3 Å². The SMILES string of the molecule is CC(CNc1ccccc1)N1CCc2sccc2C1. The summed E-state index contributed by atoms with van der Waals surface area (Å²) in [5, 5.41) is 5.74. The minimum atomic E-state index is 0.563. The van der Waals surface area contributed by atoms with Crippen molar-refractivity contribution in [3.63, 3.8) is 0 Å². The first-order valence-corrected chi connectivity index (χ1v) is 7.79. The molecule has 100 valence electrons. The Labute approximate surface area is 119 Å². The second-order valence-corrected chi connectivity index (χ2v) is 6.19. The van der Waals surface area contributed by atoms with E-state index in [0.717, 1.165) is 13.1 Å². The van der Waals surface area contributed by atoms with Crippen molar-refractivity contribution in [2.75, 3.05) is 18.4 Å². The molecule has 0 saturated carbocycles. The summed E-state index contributed by atoms with van der Waals surface area (Å²) in [7, 11) is 0. The van der Waals surface area contributed by atoms with Crippen LogP contribution in [-0.4, -0.2) is 24.0 Å². The van der Waals surface area contributed by atoms with E-state index < -0.39 is 0 Å². The van der Waals surface area contributed by atoms with Gasteiger partial charge in [-0.25, -0.2) is 0 Å². The Balaban J connectivity index is 1.55. The first kappa shape index (κ1) is 12.7. The molecule has 0 amide bonds. The van der Waals surface area contributed by atoms with Crippen LogP contribution in [0.4, 0.5) is 5.69 Å². The van der Waals surface area contributed by atoms with Gasteiger partial charge in [0, 0.05) is 36.2 Å². The molecule has 2 heterocycles. The van der Waals surface area contributed by atoms with Crippen molar-refractivity contribution in [2.24, 2.45) is 0 Å². The smallest absolute Gasteiger partial charge is 0.0340 e. The number of fused-ring (bicyclic) bond motifs is 1. The van der Waals surface area contributed by atoms with E-state index in [-0.39, 0.29) is 0 Å². The molecule has 0 aliphatic carbocycles. The van der Waals surface area contributed by atoms with Gasteiger partial charge in [-0.05, 0) is 42.5 Å². The average molecular weight is 272 g/mol. The molecule has 3 rings (SSSR count). The van der Waals surface area contributed by atoms with Gasteiger partial charge in [0.1, 0.15) is 0 Å². The van der Waals surface area contributed by atoms with E-state index in [2.05, 4.69) is 58.9 Å². The van der Waals surface area contributed by atoms with E-state index in [9.17, 15) is 0 Å². The van der Waals surface area contributed by atoms with Gasteiger partial charge in [-0.3, -0.25) is 4.90 Å². The molecule has 2 nitrogen and oxygen atoms in total. The van der Waals surface area contributed by atoms with Crippen LogP contribution in [-0.2, 0) is 13.0 Å². The number of nitrogens with one attached hydrogen (secondary N) is 1. The van der Waals surface area contributed by atoms with Crippen LogP contribution >= 0.6 is 11.3 Å². The summed E-state index contributed by atoms with van der Waals surface area (Å²) in [5.41, 5.74) is 2.74. The summed E-state index contributed by atoms with van der Waals surface area (Å²) >= 11 is 1.91. The Kier molecular flexibility index (Phi) is 3.85. The van der Waals surface area contributed by atoms with Gasteiger partial charge < -0.3 is 5.32 Å². The molecule has 0 radical (unpaired) electrons. The number of benzene rings is 1. The highest BCUT2D eigenvalue weighted by atomic mass is 32.1. The molecule has 19 heavy (non-hydrogen) atoms. The summed E-state index contributed by atoms with van der Waals surface area (Å²) in [6.45, 7) is 5.61. The Morgan fingerprint density at radius 1 is 1.26 bits per heavy atom. The van der Waals surface area contributed by atoms with Crippen LogP contribution in [0.15, 0.2) is 41.8 Å².